The molecule has 0 saturated heterocycles. The minimum absolute atomic E-state index is 0.313. The van der Waals surface area contributed by atoms with E-state index in [1.807, 2.05) is 0 Å². The Bertz CT molecular complexity index is 403. The van der Waals surface area contributed by atoms with E-state index in [-0.39, 0.29) is 10.5 Å². The first-order chi connectivity index (χ1) is 5.91. The average molecular weight is 227 g/mol. The highest BCUT2D eigenvalue weighted by Crippen LogP contribution is 2.23. The van der Waals surface area contributed by atoms with Gasteiger partial charge < -0.3 is 0 Å². The Hall–Kier alpha value is -0.680. The molecule has 0 atom stereocenters. The molecule has 0 aromatic heterocycles. The van der Waals surface area contributed by atoms with Gasteiger partial charge in [-0.2, -0.15) is 0 Å². The fraction of sp³-hybridized carbons (Fsp3) is 0.143. The molecule has 0 bridgehead atoms. The van der Waals surface area contributed by atoms with Crippen LogP contribution in [-0.2, 0) is 9.05 Å². The molecule has 1 rings (SSSR count). The van der Waals surface area contributed by atoms with E-state index in [0.29, 0.717) is 0 Å². The van der Waals surface area contributed by atoms with Crippen molar-refractivity contribution >= 4 is 19.7 Å². The maximum absolute atomic E-state index is 12.1. The molecule has 2 nitrogen and oxygen atoms in total. The van der Waals surface area contributed by atoms with Gasteiger partial charge in [-0.1, -0.05) is 12.1 Å². The summed E-state index contributed by atoms with van der Waals surface area (Å²) < 4.78 is 45.7. The van der Waals surface area contributed by atoms with Crippen molar-refractivity contribution in [1.82, 2.24) is 0 Å². The third kappa shape index (κ3) is 2.63. The SMILES string of the molecule is O=S(=O)(Cl)c1cccc(C(F)F)c1. The fourth-order valence-electron chi connectivity index (χ4n) is 0.802. The Morgan fingerprint density at radius 2 is 1.92 bits per heavy atom. The predicted octanol–water partition coefficient (Wildman–Crippen LogP) is 2.55. The van der Waals surface area contributed by atoms with E-state index in [1.165, 1.54) is 6.07 Å². The molecule has 0 aliphatic carbocycles. The van der Waals surface area contributed by atoms with Crippen LogP contribution in [0.15, 0.2) is 29.2 Å². The first-order valence-electron chi connectivity index (χ1n) is 3.24. The summed E-state index contributed by atoms with van der Waals surface area (Å²) >= 11 is 0. The highest BCUT2D eigenvalue weighted by atomic mass is 35.7. The van der Waals surface area contributed by atoms with E-state index in [0.717, 1.165) is 18.2 Å². The van der Waals surface area contributed by atoms with Gasteiger partial charge in [-0.25, -0.2) is 17.2 Å². The summed E-state index contributed by atoms with van der Waals surface area (Å²) in [5.41, 5.74) is -0.360. The minimum Gasteiger partial charge on any atom is -0.207 e. The molecule has 1 aromatic carbocycles. The largest absolute Gasteiger partial charge is 0.263 e. The molecule has 1 aromatic rings. The first kappa shape index (κ1) is 10.4. The molecule has 0 radical (unpaired) electrons. The molecule has 0 aliphatic heterocycles. The van der Waals surface area contributed by atoms with Crippen molar-refractivity contribution in [3.8, 4) is 0 Å². The number of hydrogen-bond donors (Lipinski definition) is 0. The van der Waals surface area contributed by atoms with Crippen molar-refractivity contribution in [1.29, 1.82) is 0 Å². The van der Waals surface area contributed by atoms with Gasteiger partial charge in [0.1, 0.15) is 0 Å². The Balaban J connectivity index is 3.21. The van der Waals surface area contributed by atoms with Gasteiger partial charge in [0.05, 0.1) is 4.90 Å². The molecule has 0 spiro atoms. The zero-order valence-electron chi connectivity index (χ0n) is 6.25. The minimum atomic E-state index is -3.92. The zero-order valence-corrected chi connectivity index (χ0v) is 7.82. The van der Waals surface area contributed by atoms with Gasteiger partial charge in [-0.3, -0.25) is 0 Å². The van der Waals surface area contributed by atoms with E-state index < -0.39 is 15.5 Å². The van der Waals surface area contributed by atoms with E-state index in [2.05, 4.69) is 0 Å². The Labute approximate surface area is 78.6 Å². The van der Waals surface area contributed by atoms with Crippen molar-refractivity contribution in [3.05, 3.63) is 29.8 Å². The van der Waals surface area contributed by atoms with Gasteiger partial charge in [0.25, 0.3) is 15.5 Å². The molecule has 0 fully saturated rings. The van der Waals surface area contributed by atoms with Crippen molar-refractivity contribution in [2.45, 2.75) is 11.3 Å². The third-order valence-electron chi connectivity index (χ3n) is 1.39. The molecular formula is C7H5ClF2O2S. The molecule has 0 unspecified atom stereocenters. The quantitative estimate of drug-likeness (QED) is 0.727. The number of rotatable bonds is 2. The molecule has 6 heteroatoms. The van der Waals surface area contributed by atoms with Crippen LogP contribution in [0.25, 0.3) is 0 Å². The summed E-state index contributed by atoms with van der Waals surface area (Å²) in [6, 6.07) is 4.37. The van der Waals surface area contributed by atoms with Crippen LogP contribution in [-0.4, -0.2) is 8.42 Å². The second-order valence-electron chi connectivity index (χ2n) is 2.31. The second-order valence-corrected chi connectivity index (χ2v) is 4.88. The van der Waals surface area contributed by atoms with Crippen LogP contribution in [0, 0.1) is 0 Å². The lowest BCUT2D eigenvalue weighted by molar-refractivity contribution is 0.151. The summed E-state index contributed by atoms with van der Waals surface area (Å²) in [6.45, 7) is 0. The Kier molecular flexibility index (Phi) is 2.87. The van der Waals surface area contributed by atoms with E-state index in [1.54, 1.807) is 0 Å². The molecular weight excluding hydrogens is 222 g/mol. The first-order valence-corrected chi connectivity index (χ1v) is 5.55. The van der Waals surface area contributed by atoms with Crippen LogP contribution >= 0.6 is 10.7 Å². The molecule has 0 aliphatic rings. The summed E-state index contributed by atoms with van der Waals surface area (Å²) in [5, 5.41) is 0. The van der Waals surface area contributed by atoms with Gasteiger partial charge in [0.15, 0.2) is 0 Å². The fourth-order valence-corrected chi connectivity index (χ4v) is 1.61. The Morgan fingerprint density at radius 3 is 2.38 bits per heavy atom. The van der Waals surface area contributed by atoms with Crippen molar-refractivity contribution in [2.75, 3.05) is 0 Å². The summed E-state index contributed by atoms with van der Waals surface area (Å²) in [7, 11) is 1.04. The maximum Gasteiger partial charge on any atom is 0.263 e. The van der Waals surface area contributed by atoms with E-state index in [9.17, 15) is 17.2 Å². The van der Waals surface area contributed by atoms with Gasteiger partial charge in [0.2, 0.25) is 0 Å². The van der Waals surface area contributed by atoms with Crippen LogP contribution in [0.3, 0.4) is 0 Å². The highest BCUT2D eigenvalue weighted by molar-refractivity contribution is 8.13. The van der Waals surface area contributed by atoms with Crippen LogP contribution in [0.4, 0.5) is 8.78 Å². The summed E-state index contributed by atoms with van der Waals surface area (Å²) in [4.78, 5) is -0.313. The van der Waals surface area contributed by atoms with E-state index in [4.69, 9.17) is 10.7 Å². The lowest BCUT2D eigenvalue weighted by atomic mass is 10.2. The molecule has 0 N–H and O–H groups in total. The van der Waals surface area contributed by atoms with Gasteiger partial charge in [-0.15, -0.1) is 0 Å². The molecule has 0 saturated carbocycles. The second kappa shape index (κ2) is 3.59. The lowest BCUT2D eigenvalue weighted by Gasteiger charge is -2.00. The highest BCUT2D eigenvalue weighted by Gasteiger charge is 2.13. The standard InChI is InChI=1S/C7H5ClF2O2S/c8-13(11,12)6-3-1-2-5(4-6)7(9)10/h1-4,7H. The molecule has 0 heterocycles. The van der Waals surface area contributed by atoms with Gasteiger partial charge in [0, 0.05) is 16.2 Å². The van der Waals surface area contributed by atoms with Gasteiger partial charge >= 0.3 is 0 Å². The van der Waals surface area contributed by atoms with Crippen LogP contribution in [0.1, 0.15) is 12.0 Å². The predicted molar refractivity (Wildman–Crippen MR) is 44.4 cm³/mol. The number of alkyl halides is 2. The summed E-state index contributed by atoms with van der Waals surface area (Å²) in [6.07, 6.45) is -2.70. The summed E-state index contributed by atoms with van der Waals surface area (Å²) in [5.74, 6) is 0. The third-order valence-corrected chi connectivity index (χ3v) is 2.74. The van der Waals surface area contributed by atoms with E-state index >= 15 is 0 Å². The molecule has 13 heavy (non-hydrogen) atoms. The molecule has 72 valence electrons. The number of halogens is 3. The number of hydrogen-bond acceptors (Lipinski definition) is 2. The molecule has 0 amide bonds. The van der Waals surface area contributed by atoms with Crippen molar-refractivity contribution in [2.24, 2.45) is 0 Å². The average Bonchev–Trinajstić information content (AvgIpc) is 2.03. The zero-order chi connectivity index (χ0) is 10.1. The van der Waals surface area contributed by atoms with Gasteiger partial charge in [-0.05, 0) is 12.1 Å². The van der Waals surface area contributed by atoms with Crippen molar-refractivity contribution in [3.63, 3.8) is 0 Å². The smallest absolute Gasteiger partial charge is 0.207 e. The normalized spacial score (nSPS) is 12.0. The number of benzene rings is 1. The van der Waals surface area contributed by atoms with Crippen LogP contribution in [0.2, 0.25) is 0 Å². The topological polar surface area (TPSA) is 34.1 Å². The van der Waals surface area contributed by atoms with Crippen molar-refractivity contribution < 1.29 is 17.2 Å². The Morgan fingerprint density at radius 1 is 1.31 bits per heavy atom. The van der Waals surface area contributed by atoms with Crippen LogP contribution in [0.5, 0.6) is 0 Å². The maximum atomic E-state index is 12.1. The van der Waals surface area contributed by atoms with Crippen LogP contribution < -0.4 is 0 Å². The lowest BCUT2D eigenvalue weighted by Crippen LogP contribution is -1.92. The monoisotopic (exact) mass is 226 g/mol.